The maximum absolute atomic E-state index is 11.8. The van der Waals surface area contributed by atoms with E-state index in [0.29, 0.717) is 13.0 Å². The van der Waals surface area contributed by atoms with E-state index in [9.17, 15) is 18.0 Å². The largest absolute Gasteiger partial charge is 0.480 e. The summed E-state index contributed by atoms with van der Waals surface area (Å²) in [7, 11) is -3.43. The molecule has 104 valence electrons. The smallest absolute Gasteiger partial charge is 0.326 e. The molecule has 0 aliphatic carbocycles. The summed E-state index contributed by atoms with van der Waals surface area (Å²) in [6, 6.07) is -0.891. The lowest BCUT2D eigenvalue weighted by molar-refractivity contribution is -0.152. The molecule has 1 aliphatic heterocycles. The highest BCUT2D eigenvalue weighted by molar-refractivity contribution is 7.91. The number of piperidine rings is 1. The molecular weight excluding hydrogens is 258 g/mol. The van der Waals surface area contributed by atoms with Crippen LogP contribution in [-0.4, -0.2) is 54.9 Å². The SMILES string of the molecule is CCC1CCN(C(=O)CS(C)(=O)=O)C(C(=O)O)C1. The third-order valence-corrected chi connectivity index (χ3v) is 4.05. The van der Waals surface area contributed by atoms with Crippen LogP contribution in [-0.2, 0) is 19.4 Å². The van der Waals surface area contributed by atoms with Crippen molar-refractivity contribution in [2.75, 3.05) is 18.6 Å². The van der Waals surface area contributed by atoms with Crippen LogP contribution in [0.3, 0.4) is 0 Å². The fourth-order valence-corrected chi connectivity index (χ4v) is 2.86. The molecule has 1 saturated heterocycles. The topological polar surface area (TPSA) is 91.8 Å². The van der Waals surface area contributed by atoms with E-state index in [4.69, 9.17) is 5.11 Å². The number of carboxylic acid groups (broad SMARTS) is 1. The van der Waals surface area contributed by atoms with Crippen molar-refractivity contribution in [1.29, 1.82) is 0 Å². The first-order valence-corrected chi connectivity index (χ1v) is 8.00. The summed E-state index contributed by atoms with van der Waals surface area (Å²) in [5.74, 6) is -2.00. The van der Waals surface area contributed by atoms with Crippen molar-refractivity contribution in [2.45, 2.75) is 32.2 Å². The molecule has 0 saturated carbocycles. The first-order chi connectivity index (χ1) is 8.24. The fourth-order valence-electron chi connectivity index (χ4n) is 2.25. The van der Waals surface area contributed by atoms with Crippen LogP contribution >= 0.6 is 0 Å². The van der Waals surface area contributed by atoms with Crippen molar-refractivity contribution in [3.8, 4) is 0 Å². The lowest BCUT2D eigenvalue weighted by Gasteiger charge is -2.36. The number of carbonyl (C=O) groups excluding carboxylic acids is 1. The molecule has 6 nitrogen and oxygen atoms in total. The molecule has 7 heteroatoms. The van der Waals surface area contributed by atoms with Crippen LogP contribution in [0.5, 0.6) is 0 Å². The van der Waals surface area contributed by atoms with Crippen molar-refractivity contribution in [3.63, 3.8) is 0 Å². The van der Waals surface area contributed by atoms with Gasteiger partial charge in [0.15, 0.2) is 9.84 Å². The van der Waals surface area contributed by atoms with Gasteiger partial charge in [-0.1, -0.05) is 13.3 Å². The standard InChI is InChI=1S/C11H19NO5S/c1-3-8-4-5-12(9(6-8)11(14)15)10(13)7-18(2,16)17/h8-9H,3-7H2,1-2H3,(H,14,15). The Morgan fingerprint density at radius 2 is 2.00 bits per heavy atom. The van der Waals surface area contributed by atoms with Gasteiger partial charge in [0.1, 0.15) is 11.8 Å². The Morgan fingerprint density at radius 3 is 2.44 bits per heavy atom. The van der Waals surface area contributed by atoms with Gasteiger partial charge >= 0.3 is 5.97 Å². The number of rotatable bonds is 4. The number of carbonyl (C=O) groups is 2. The Balaban J connectivity index is 2.80. The molecule has 1 aliphatic rings. The minimum atomic E-state index is -3.43. The third-order valence-electron chi connectivity index (χ3n) is 3.28. The summed E-state index contributed by atoms with van der Waals surface area (Å²) in [4.78, 5) is 24.2. The summed E-state index contributed by atoms with van der Waals surface area (Å²) < 4.78 is 22.2. The summed E-state index contributed by atoms with van der Waals surface area (Å²) in [5, 5.41) is 9.13. The highest BCUT2D eigenvalue weighted by Crippen LogP contribution is 2.25. The molecule has 1 heterocycles. The summed E-state index contributed by atoms with van der Waals surface area (Å²) in [5.41, 5.74) is 0. The molecule has 0 aromatic rings. The van der Waals surface area contributed by atoms with E-state index in [1.807, 2.05) is 6.92 Å². The zero-order valence-corrected chi connectivity index (χ0v) is 11.4. The molecule has 0 radical (unpaired) electrons. The van der Waals surface area contributed by atoms with Gasteiger partial charge in [-0.2, -0.15) is 0 Å². The van der Waals surface area contributed by atoms with E-state index in [2.05, 4.69) is 0 Å². The number of sulfone groups is 1. The molecule has 2 atom stereocenters. The molecule has 0 spiro atoms. The minimum absolute atomic E-state index is 0.286. The minimum Gasteiger partial charge on any atom is -0.480 e. The molecule has 1 N–H and O–H groups in total. The normalized spacial score (nSPS) is 24.9. The zero-order chi connectivity index (χ0) is 13.9. The number of aliphatic carboxylic acids is 1. The van der Waals surface area contributed by atoms with Gasteiger partial charge in [-0.25, -0.2) is 13.2 Å². The van der Waals surface area contributed by atoms with Gasteiger partial charge in [-0.3, -0.25) is 4.79 Å². The first-order valence-electron chi connectivity index (χ1n) is 5.94. The van der Waals surface area contributed by atoms with Crippen LogP contribution in [0.4, 0.5) is 0 Å². The molecular formula is C11H19NO5S. The number of hydrogen-bond donors (Lipinski definition) is 1. The predicted octanol–water partition coefficient (Wildman–Crippen LogP) is 0.133. The van der Waals surface area contributed by atoms with E-state index < -0.39 is 33.5 Å². The lowest BCUT2D eigenvalue weighted by Crippen LogP contribution is -2.51. The van der Waals surface area contributed by atoms with Gasteiger partial charge in [0.25, 0.3) is 0 Å². The van der Waals surface area contributed by atoms with Crippen molar-refractivity contribution in [1.82, 2.24) is 4.90 Å². The highest BCUT2D eigenvalue weighted by atomic mass is 32.2. The van der Waals surface area contributed by atoms with Crippen molar-refractivity contribution in [3.05, 3.63) is 0 Å². The quantitative estimate of drug-likeness (QED) is 0.788. The molecule has 18 heavy (non-hydrogen) atoms. The lowest BCUT2D eigenvalue weighted by atomic mass is 9.89. The maximum atomic E-state index is 11.8. The van der Waals surface area contributed by atoms with Crippen LogP contribution in [0.2, 0.25) is 0 Å². The summed E-state index contributed by atoms with van der Waals surface area (Å²) in [6.45, 7) is 2.31. The number of likely N-dealkylation sites (tertiary alicyclic amines) is 1. The summed E-state index contributed by atoms with van der Waals surface area (Å²) in [6.07, 6.45) is 2.98. The Kier molecular flexibility index (Phi) is 4.72. The molecule has 0 bridgehead atoms. The van der Waals surface area contributed by atoms with Crippen molar-refractivity contribution >= 4 is 21.7 Å². The average Bonchev–Trinajstić information content (AvgIpc) is 2.25. The van der Waals surface area contributed by atoms with Crippen LogP contribution in [0.15, 0.2) is 0 Å². The molecule has 2 unspecified atom stereocenters. The van der Waals surface area contributed by atoms with E-state index in [0.717, 1.165) is 19.1 Å². The van der Waals surface area contributed by atoms with Crippen LogP contribution in [0, 0.1) is 5.92 Å². The number of amides is 1. The molecule has 0 aromatic carbocycles. The van der Waals surface area contributed by atoms with Gasteiger partial charge in [0, 0.05) is 12.8 Å². The Labute approximate surface area is 107 Å². The molecule has 0 aromatic heterocycles. The number of carboxylic acids is 1. The first kappa shape index (κ1) is 14.9. The molecule has 1 rings (SSSR count). The fraction of sp³-hybridized carbons (Fsp3) is 0.818. The van der Waals surface area contributed by atoms with E-state index in [-0.39, 0.29) is 5.92 Å². The van der Waals surface area contributed by atoms with Gasteiger partial charge in [-0.15, -0.1) is 0 Å². The third kappa shape index (κ3) is 3.97. The van der Waals surface area contributed by atoms with Crippen molar-refractivity contribution < 1.29 is 23.1 Å². The summed E-state index contributed by atoms with van der Waals surface area (Å²) >= 11 is 0. The van der Waals surface area contributed by atoms with Gasteiger partial charge in [0.2, 0.25) is 5.91 Å². The maximum Gasteiger partial charge on any atom is 0.326 e. The van der Waals surface area contributed by atoms with E-state index in [1.54, 1.807) is 0 Å². The average molecular weight is 277 g/mol. The second kappa shape index (κ2) is 5.69. The van der Waals surface area contributed by atoms with Crippen LogP contribution in [0.25, 0.3) is 0 Å². The molecule has 1 fully saturated rings. The van der Waals surface area contributed by atoms with Gasteiger partial charge < -0.3 is 10.0 Å². The van der Waals surface area contributed by atoms with Crippen molar-refractivity contribution in [2.24, 2.45) is 5.92 Å². The Hall–Kier alpha value is -1.11. The monoisotopic (exact) mass is 277 g/mol. The highest BCUT2D eigenvalue weighted by Gasteiger charge is 2.36. The number of nitrogens with zero attached hydrogens (tertiary/aromatic N) is 1. The van der Waals surface area contributed by atoms with E-state index in [1.165, 1.54) is 4.90 Å². The van der Waals surface area contributed by atoms with E-state index >= 15 is 0 Å². The molecule has 1 amide bonds. The van der Waals surface area contributed by atoms with Crippen LogP contribution < -0.4 is 0 Å². The zero-order valence-electron chi connectivity index (χ0n) is 10.6. The van der Waals surface area contributed by atoms with Gasteiger partial charge in [-0.05, 0) is 18.8 Å². The predicted molar refractivity (Wildman–Crippen MR) is 65.9 cm³/mol. The second-order valence-corrected chi connectivity index (χ2v) is 6.95. The Bertz CT molecular complexity index is 431. The second-order valence-electron chi connectivity index (χ2n) is 4.81. The van der Waals surface area contributed by atoms with Crippen LogP contribution in [0.1, 0.15) is 26.2 Å². The number of hydrogen-bond acceptors (Lipinski definition) is 4. The van der Waals surface area contributed by atoms with Gasteiger partial charge in [0.05, 0.1) is 0 Å². The Morgan fingerprint density at radius 1 is 1.39 bits per heavy atom.